The summed E-state index contributed by atoms with van der Waals surface area (Å²) in [4.78, 5) is 18.9. The van der Waals surface area contributed by atoms with Gasteiger partial charge in [0.2, 0.25) is 5.88 Å². The Morgan fingerprint density at radius 1 is 1.21 bits per heavy atom. The second-order valence-corrected chi connectivity index (χ2v) is 7.82. The van der Waals surface area contributed by atoms with E-state index in [4.69, 9.17) is 14.2 Å². The van der Waals surface area contributed by atoms with Crippen LogP contribution in [0.5, 0.6) is 11.6 Å². The van der Waals surface area contributed by atoms with Gasteiger partial charge in [-0.3, -0.25) is 4.79 Å². The number of carbonyl (C=O) groups is 1. The fraction of sp³-hybridized carbons (Fsp3) is 0.455. The molecule has 146 valence electrons. The van der Waals surface area contributed by atoms with E-state index in [0.29, 0.717) is 37.9 Å². The molecule has 5 rings (SSSR count). The largest absolute Gasteiger partial charge is 0.480 e. The smallest absolute Gasteiger partial charge is 0.264 e. The lowest BCUT2D eigenvalue weighted by molar-refractivity contribution is -0.171. The first-order valence-corrected chi connectivity index (χ1v) is 9.95. The van der Waals surface area contributed by atoms with Gasteiger partial charge < -0.3 is 19.1 Å². The van der Waals surface area contributed by atoms with Gasteiger partial charge in [-0.15, -0.1) is 0 Å². The number of likely N-dealkylation sites (tertiary alicyclic amines) is 1. The second-order valence-electron chi connectivity index (χ2n) is 7.82. The molecule has 28 heavy (non-hydrogen) atoms. The van der Waals surface area contributed by atoms with Gasteiger partial charge in [0, 0.05) is 25.3 Å². The number of carbonyl (C=O) groups excluding carboxylic acids is 1. The van der Waals surface area contributed by atoms with Crippen molar-refractivity contribution in [3.63, 3.8) is 0 Å². The molecule has 2 unspecified atom stereocenters. The first kappa shape index (κ1) is 17.5. The third-order valence-electron chi connectivity index (χ3n) is 6.11. The molecule has 3 aliphatic rings. The van der Waals surface area contributed by atoms with Crippen molar-refractivity contribution in [1.82, 2.24) is 9.88 Å². The molecule has 1 aromatic heterocycles. The quantitative estimate of drug-likeness (QED) is 0.798. The standard InChI is InChI=1S/C22H24N2O4/c25-21(19-13-16-5-1-2-6-18(16)28-19)24-14-22(15-24)17(9-12-27-22)8-11-26-20-7-3-4-10-23-20/h1-7,10,17,19H,8-9,11-15H2. The molecule has 6 nitrogen and oxygen atoms in total. The summed E-state index contributed by atoms with van der Waals surface area (Å²) < 4.78 is 17.7. The Bertz CT molecular complexity index is 826. The summed E-state index contributed by atoms with van der Waals surface area (Å²) in [5, 5.41) is 0. The molecule has 0 N–H and O–H groups in total. The van der Waals surface area contributed by atoms with Crippen LogP contribution in [0.4, 0.5) is 0 Å². The zero-order chi connectivity index (χ0) is 19.0. The van der Waals surface area contributed by atoms with E-state index in [0.717, 1.165) is 30.8 Å². The molecule has 0 bridgehead atoms. The molecular weight excluding hydrogens is 356 g/mol. The Hall–Kier alpha value is -2.60. The van der Waals surface area contributed by atoms with E-state index >= 15 is 0 Å². The molecule has 3 aliphatic heterocycles. The van der Waals surface area contributed by atoms with Crippen LogP contribution in [-0.4, -0.2) is 53.8 Å². The summed E-state index contributed by atoms with van der Waals surface area (Å²) in [6.07, 6.45) is 3.90. The Kier molecular flexibility index (Phi) is 4.43. The number of para-hydroxylation sites is 1. The summed E-state index contributed by atoms with van der Waals surface area (Å²) >= 11 is 0. The van der Waals surface area contributed by atoms with Gasteiger partial charge in [0.1, 0.15) is 11.4 Å². The van der Waals surface area contributed by atoms with Crippen LogP contribution in [0.1, 0.15) is 18.4 Å². The van der Waals surface area contributed by atoms with Crippen molar-refractivity contribution in [2.75, 3.05) is 26.3 Å². The van der Waals surface area contributed by atoms with Gasteiger partial charge in [-0.1, -0.05) is 24.3 Å². The average molecular weight is 380 g/mol. The predicted octanol–water partition coefficient (Wildman–Crippen LogP) is 2.47. The van der Waals surface area contributed by atoms with Crippen LogP contribution in [-0.2, 0) is 16.0 Å². The summed E-state index contributed by atoms with van der Waals surface area (Å²) in [5.74, 6) is 1.96. The Morgan fingerprint density at radius 3 is 2.89 bits per heavy atom. The molecule has 4 heterocycles. The molecule has 2 atom stereocenters. The number of ether oxygens (including phenoxy) is 3. The molecular formula is C22H24N2O4. The van der Waals surface area contributed by atoms with Crippen LogP contribution < -0.4 is 9.47 Å². The third kappa shape index (κ3) is 3.11. The monoisotopic (exact) mass is 380 g/mol. The normalized spacial score (nSPS) is 24.5. The lowest BCUT2D eigenvalue weighted by Gasteiger charge is -2.50. The van der Waals surface area contributed by atoms with Crippen LogP contribution >= 0.6 is 0 Å². The van der Waals surface area contributed by atoms with Crippen molar-refractivity contribution in [2.24, 2.45) is 5.92 Å². The molecule has 2 aromatic rings. The summed E-state index contributed by atoms with van der Waals surface area (Å²) in [6, 6.07) is 13.5. The fourth-order valence-electron chi connectivity index (χ4n) is 4.56. The van der Waals surface area contributed by atoms with E-state index in [-0.39, 0.29) is 11.5 Å². The van der Waals surface area contributed by atoms with Gasteiger partial charge in [-0.05, 0) is 36.5 Å². The number of pyridine rings is 1. The lowest BCUT2D eigenvalue weighted by Crippen LogP contribution is -2.67. The van der Waals surface area contributed by atoms with Crippen LogP contribution in [0.3, 0.4) is 0 Å². The maximum Gasteiger partial charge on any atom is 0.264 e. The summed E-state index contributed by atoms with van der Waals surface area (Å²) in [5.41, 5.74) is 0.895. The average Bonchev–Trinajstić information content (AvgIpc) is 3.31. The van der Waals surface area contributed by atoms with E-state index in [2.05, 4.69) is 4.98 Å². The zero-order valence-electron chi connectivity index (χ0n) is 15.8. The topological polar surface area (TPSA) is 60.9 Å². The fourth-order valence-corrected chi connectivity index (χ4v) is 4.56. The van der Waals surface area contributed by atoms with Crippen LogP contribution in [0.25, 0.3) is 0 Å². The molecule has 0 aliphatic carbocycles. The predicted molar refractivity (Wildman–Crippen MR) is 102 cm³/mol. The van der Waals surface area contributed by atoms with Gasteiger partial charge in [-0.2, -0.15) is 0 Å². The van der Waals surface area contributed by atoms with E-state index < -0.39 is 6.10 Å². The van der Waals surface area contributed by atoms with Crippen molar-refractivity contribution >= 4 is 5.91 Å². The molecule has 6 heteroatoms. The summed E-state index contributed by atoms with van der Waals surface area (Å²) in [6.45, 7) is 2.66. The van der Waals surface area contributed by atoms with Gasteiger partial charge in [0.05, 0.1) is 19.7 Å². The van der Waals surface area contributed by atoms with Crippen molar-refractivity contribution in [3.8, 4) is 11.6 Å². The van der Waals surface area contributed by atoms with Crippen molar-refractivity contribution in [3.05, 3.63) is 54.2 Å². The maximum absolute atomic E-state index is 12.9. The Morgan fingerprint density at radius 2 is 2.07 bits per heavy atom. The van der Waals surface area contributed by atoms with E-state index in [1.54, 1.807) is 6.20 Å². The summed E-state index contributed by atoms with van der Waals surface area (Å²) in [7, 11) is 0. The Labute approximate surface area is 164 Å². The van der Waals surface area contributed by atoms with Gasteiger partial charge in [-0.25, -0.2) is 4.98 Å². The van der Waals surface area contributed by atoms with Gasteiger partial charge in [0.25, 0.3) is 5.91 Å². The number of hydrogen-bond donors (Lipinski definition) is 0. The van der Waals surface area contributed by atoms with E-state index in [1.165, 1.54) is 0 Å². The number of amides is 1. The molecule has 1 spiro atoms. The number of hydrogen-bond acceptors (Lipinski definition) is 5. The SMILES string of the molecule is O=C(C1Cc2ccccc2O1)N1CC2(C1)OCCC2CCOc1ccccn1. The Balaban J connectivity index is 1.14. The first-order valence-electron chi connectivity index (χ1n) is 9.95. The molecule has 1 amide bonds. The van der Waals surface area contributed by atoms with Crippen LogP contribution in [0.2, 0.25) is 0 Å². The van der Waals surface area contributed by atoms with Crippen molar-refractivity contribution in [1.29, 1.82) is 0 Å². The van der Waals surface area contributed by atoms with Gasteiger partial charge >= 0.3 is 0 Å². The van der Waals surface area contributed by atoms with E-state index in [9.17, 15) is 4.79 Å². The van der Waals surface area contributed by atoms with Gasteiger partial charge in [0.15, 0.2) is 6.10 Å². The number of aromatic nitrogens is 1. The molecule has 0 saturated carbocycles. The first-order chi connectivity index (χ1) is 13.7. The number of benzene rings is 1. The second kappa shape index (κ2) is 7.09. The highest BCUT2D eigenvalue weighted by Gasteiger charge is 2.55. The van der Waals surface area contributed by atoms with E-state index in [1.807, 2.05) is 47.4 Å². The minimum atomic E-state index is -0.401. The number of fused-ring (bicyclic) bond motifs is 1. The minimum Gasteiger partial charge on any atom is -0.480 e. The minimum absolute atomic E-state index is 0.0702. The molecule has 2 fully saturated rings. The van der Waals surface area contributed by atoms with Crippen molar-refractivity contribution < 1.29 is 19.0 Å². The molecule has 2 saturated heterocycles. The third-order valence-corrected chi connectivity index (χ3v) is 6.11. The highest BCUT2D eigenvalue weighted by atomic mass is 16.5. The highest BCUT2D eigenvalue weighted by molar-refractivity contribution is 5.83. The zero-order valence-corrected chi connectivity index (χ0v) is 15.8. The maximum atomic E-state index is 12.9. The number of nitrogens with zero attached hydrogens (tertiary/aromatic N) is 2. The van der Waals surface area contributed by atoms with Crippen molar-refractivity contribution in [2.45, 2.75) is 31.0 Å². The highest BCUT2D eigenvalue weighted by Crippen LogP contribution is 2.42. The molecule has 1 aromatic carbocycles. The van der Waals surface area contributed by atoms with Crippen LogP contribution in [0.15, 0.2) is 48.7 Å². The van der Waals surface area contributed by atoms with Crippen LogP contribution in [0, 0.1) is 5.92 Å². The molecule has 0 radical (unpaired) electrons. The lowest BCUT2D eigenvalue weighted by atomic mass is 9.79. The number of rotatable bonds is 5.